The zero-order valence-electron chi connectivity index (χ0n) is 7.94. The zero-order chi connectivity index (χ0) is 10.7. The van der Waals surface area contributed by atoms with Crippen molar-refractivity contribution in [2.45, 2.75) is 0 Å². The topological polar surface area (TPSA) is 23.8 Å². The number of nitriles is 1. The average Bonchev–Trinajstić information content (AvgIpc) is 2.30. The summed E-state index contributed by atoms with van der Waals surface area (Å²) in [6, 6.07) is 17.9. The maximum Gasteiger partial charge on any atom is 0.100 e. The third kappa shape index (κ3) is 1.93. The molecule has 0 unspecified atom stereocenters. The Balaban J connectivity index is 2.61. The molecule has 0 saturated heterocycles. The molecule has 1 nitrogen and oxygen atoms in total. The fraction of sp³-hybridized carbons (Fsp3) is 0. The Morgan fingerprint density at radius 1 is 0.933 bits per heavy atom. The number of nitrogens with zero attached hydrogens (tertiary/aromatic N) is 1. The normalized spacial score (nSPS) is 9.60. The molecule has 15 heavy (non-hydrogen) atoms. The van der Waals surface area contributed by atoms with Crippen molar-refractivity contribution in [3.63, 3.8) is 0 Å². The zero-order valence-corrected chi connectivity index (χ0v) is 9.53. The van der Waals surface area contributed by atoms with Gasteiger partial charge in [0.15, 0.2) is 0 Å². The Bertz CT molecular complexity index is 512. The molecule has 0 N–H and O–H groups in total. The van der Waals surface area contributed by atoms with Crippen LogP contribution in [0.5, 0.6) is 0 Å². The summed E-state index contributed by atoms with van der Waals surface area (Å²) in [5, 5.41) is 8.91. The minimum absolute atomic E-state index is 0.663. The van der Waals surface area contributed by atoms with Crippen LogP contribution in [0.1, 0.15) is 5.56 Å². The van der Waals surface area contributed by atoms with Crippen molar-refractivity contribution in [1.82, 2.24) is 0 Å². The maximum atomic E-state index is 8.91. The SMILES string of the molecule is N#Cc1cccc(-c2ccccc2)c1Br. The van der Waals surface area contributed by atoms with E-state index < -0.39 is 0 Å². The number of hydrogen-bond acceptors (Lipinski definition) is 1. The minimum atomic E-state index is 0.663. The Morgan fingerprint density at radius 3 is 2.33 bits per heavy atom. The fourth-order valence-corrected chi connectivity index (χ4v) is 2.04. The van der Waals surface area contributed by atoms with Gasteiger partial charge in [-0.05, 0) is 33.1 Å². The van der Waals surface area contributed by atoms with E-state index in [9.17, 15) is 0 Å². The summed E-state index contributed by atoms with van der Waals surface area (Å²) in [5.74, 6) is 0. The first-order valence-electron chi connectivity index (χ1n) is 4.57. The molecule has 0 aromatic heterocycles. The lowest BCUT2D eigenvalue weighted by Crippen LogP contribution is -1.83. The van der Waals surface area contributed by atoms with Crippen LogP contribution in [-0.2, 0) is 0 Å². The largest absolute Gasteiger partial charge is 0.192 e. The lowest BCUT2D eigenvalue weighted by Gasteiger charge is -2.05. The molecule has 0 aliphatic rings. The first-order valence-corrected chi connectivity index (χ1v) is 5.36. The molecule has 2 aromatic rings. The highest BCUT2D eigenvalue weighted by Gasteiger charge is 2.05. The first-order chi connectivity index (χ1) is 7.33. The quantitative estimate of drug-likeness (QED) is 0.758. The van der Waals surface area contributed by atoms with Crippen LogP contribution in [0.15, 0.2) is 53.0 Å². The van der Waals surface area contributed by atoms with Crippen molar-refractivity contribution in [2.24, 2.45) is 0 Å². The van der Waals surface area contributed by atoms with E-state index in [1.54, 1.807) is 6.07 Å². The molecule has 2 rings (SSSR count). The van der Waals surface area contributed by atoms with Gasteiger partial charge >= 0.3 is 0 Å². The predicted molar refractivity (Wildman–Crippen MR) is 64.3 cm³/mol. The van der Waals surface area contributed by atoms with Gasteiger partial charge in [0, 0.05) is 4.47 Å². The molecule has 0 aliphatic carbocycles. The van der Waals surface area contributed by atoms with Crippen molar-refractivity contribution >= 4 is 15.9 Å². The van der Waals surface area contributed by atoms with E-state index in [2.05, 4.69) is 22.0 Å². The van der Waals surface area contributed by atoms with E-state index in [4.69, 9.17) is 5.26 Å². The maximum absolute atomic E-state index is 8.91. The van der Waals surface area contributed by atoms with Gasteiger partial charge in [0.25, 0.3) is 0 Å². The number of benzene rings is 2. The van der Waals surface area contributed by atoms with Crippen LogP contribution in [0, 0.1) is 11.3 Å². The Labute approximate surface area is 97.1 Å². The first kappa shape index (κ1) is 9.95. The van der Waals surface area contributed by atoms with Gasteiger partial charge in [0.2, 0.25) is 0 Å². The number of halogens is 1. The van der Waals surface area contributed by atoms with Gasteiger partial charge < -0.3 is 0 Å². The van der Waals surface area contributed by atoms with Gasteiger partial charge in [-0.1, -0.05) is 42.5 Å². The second-order valence-electron chi connectivity index (χ2n) is 3.14. The molecule has 0 atom stereocenters. The third-order valence-corrected chi connectivity index (χ3v) is 3.06. The van der Waals surface area contributed by atoms with Gasteiger partial charge in [0.05, 0.1) is 5.56 Å². The lowest BCUT2D eigenvalue weighted by molar-refractivity contribution is 1.46. The summed E-state index contributed by atoms with van der Waals surface area (Å²) in [4.78, 5) is 0. The minimum Gasteiger partial charge on any atom is -0.192 e. The summed E-state index contributed by atoms with van der Waals surface area (Å²) < 4.78 is 0.860. The van der Waals surface area contributed by atoms with E-state index in [0.29, 0.717) is 5.56 Å². The summed E-state index contributed by atoms with van der Waals surface area (Å²) in [7, 11) is 0. The van der Waals surface area contributed by atoms with Crippen molar-refractivity contribution in [3.8, 4) is 17.2 Å². The second kappa shape index (κ2) is 4.29. The Morgan fingerprint density at radius 2 is 1.67 bits per heavy atom. The van der Waals surface area contributed by atoms with Gasteiger partial charge in [-0.15, -0.1) is 0 Å². The Hall–Kier alpha value is -1.59. The smallest absolute Gasteiger partial charge is 0.100 e. The molecule has 2 heteroatoms. The third-order valence-electron chi connectivity index (χ3n) is 2.20. The van der Waals surface area contributed by atoms with E-state index in [0.717, 1.165) is 15.6 Å². The van der Waals surface area contributed by atoms with Crippen molar-refractivity contribution in [3.05, 3.63) is 58.6 Å². The summed E-state index contributed by atoms with van der Waals surface area (Å²) in [6.07, 6.45) is 0. The van der Waals surface area contributed by atoms with E-state index in [-0.39, 0.29) is 0 Å². The molecule has 0 heterocycles. The molecule has 0 saturated carbocycles. The van der Waals surface area contributed by atoms with Crippen molar-refractivity contribution in [1.29, 1.82) is 5.26 Å². The van der Waals surface area contributed by atoms with E-state index in [1.165, 1.54) is 0 Å². The number of rotatable bonds is 1. The molecule has 0 amide bonds. The van der Waals surface area contributed by atoms with Crippen LogP contribution in [-0.4, -0.2) is 0 Å². The highest BCUT2D eigenvalue weighted by molar-refractivity contribution is 9.10. The average molecular weight is 258 g/mol. The van der Waals surface area contributed by atoms with E-state index >= 15 is 0 Å². The molecule has 72 valence electrons. The molecular formula is C13H8BrN. The van der Waals surface area contributed by atoms with Crippen LogP contribution in [0.4, 0.5) is 0 Å². The highest BCUT2D eigenvalue weighted by Crippen LogP contribution is 2.30. The Kier molecular flexibility index (Phi) is 2.84. The van der Waals surface area contributed by atoms with Gasteiger partial charge in [-0.3, -0.25) is 0 Å². The molecule has 0 spiro atoms. The summed E-state index contributed by atoms with van der Waals surface area (Å²) in [6.45, 7) is 0. The predicted octanol–water partition coefficient (Wildman–Crippen LogP) is 3.99. The summed E-state index contributed by atoms with van der Waals surface area (Å²) in [5.41, 5.74) is 2.83. The fourth-order valence-electron chi connectivity index (χ4n) is 1.46. The second-order valence-corrected chi connectivity index (χ2v) is 3.94. The van der Waals surface area contributed by atoms with Crippen LogP contribution in [0.3, 0.4) is 0 Å². The highest BCUT2D eigenvalue weighted by atomic mass is 79.9. The van der Waals surface area contributed by atoms with Crippen molar-refractivity contribution in [2.75, 3.05) is 0 Å². The van der Waals surface area contributed by atoms with Gasteiger partial charge in [-0.2, -0.15) is 5.26 Å². The van der Waals surface area contributed by atoms with Crippen LogP contribution >= 0.6 is 15.9 Å². The molecular weight excluding hydrogens is 250 g/mol. The van der Waals surface area contributed by atoms with Crippen LogP contribution in [0.2, 0.25) is 0 Å². The standard InChI is InChI=1S/C13H8BrN/c14-13-11(9-15)7-4-8-12(13)10-5-2-1-3-6-10/h1-8H. The molecule has 2 aromatic carbocycles. The monoisotopic (exact) mass is 257 g/mol. The number of hydrogen-bond donors (Lipinski definition) is 0. The van der Waals surface area contributed by atoms with Gasteiger partial charge in [0.1, 0.15) is 6.07 Å². The molecule has 0 bridgehead atoms. The van der Waals surface area contributed by atoms with E-state index in [1.807, 2.05) is 42.5 Å². The molecule has 0 fully saturated rings. The molecule has 0 aliphatic heterocycles. The lowest BCUT2D eigenvalue weighted by atomic mass is 10.0. The van der Waals surface area contributed by atoms with Crippen LogP contribution in [0.25, 0.3) is 11.1 Å². The van der Waals surface area contributed by atoms with Crippen LogP contribution < -0.4 is 0 Å². The van der Waals surface area contributed by atoms with Gasteiger partial charge in [-0.25, -0.2) is 0 Å². The van der Waals surface area contributed by atoms with Crippen molar-refractivity contribution < 1.29 is 0 Å². The summed E-state index contributed by atoms with van der Waals surface area (Å²) >= 11 is 3.46. The molecule has 0 radical (unpaired) electrons.